The molecule has 0 aliphatic heterocycles. The standard InChI is InChI=1S/C13H28N2OS/c1-11(7-8-17-4)15(2)13(10-16-3)9-14-12-5-6-12/h11-14H,5-10H2,1-4H3. The highest BCUT2D eigenvalue weighted by atomic mass is 32.2. The maximum atomic E-state index is 5.35. The van der Waals surface area contributed by atoms with E-state index in [-0.39, 0.29) is 0 Å². The molecule has 4 heteroatoms. The predicted molar refractivity (Wildman–Crippen MR) is 76.9 cm³/mol. The zero-order chi connectivity index (χ0) is 12.7. The number of nitrogens with zero attached hydrogens (tertiary/aromatic N) is 1. The van der Waals surface area contributed by atoms with Gasteiger partial charge in [0.1, 0.15) is 0 Å². The van der Waals surface area contributed by atoms with Crippen LogP contribution >= 0.6 is 11.8 Å². The van der Waals surface area contributed by atoms with Crippen molar-refractivity contribution in [2.45, 2.75) is 44.3 Å². The highest BCUT2D eigenvalue weighted by molar-refractivity contribution is 7.98. The molecule has 17 heavy (non-hydrogen) atoms. The van der Waals surface area contributed by atoms with Crippen molar-refractivity contribution in [2.75, 3.05) is 39.3 Å². The summed E-state index contributed by atoms with van der Waals surface area (Å²) in [6.45, 7) is 4.19. The van der Waals surface area contributed by atoms with Gasteiger partial charge in [0.05, 0.1) is 6.61 Å². The molecule has 2 unspecified atom stereocenters. The third-order valence-corrected chi connectivity index (χ3v) is 4.23. The molecule has 0 aromatic heterocycles. The van der Waals surface area contributed by atoms with Gasteiger partial charge in [-0.1, -0.05) is 0 Å². The first-order valence-electron chi connectivity index (χ1n) is 6.62. The molecule has 1 saturated carbocycles. The molecule has 1 fully saturated rings. The van der Waals surface area contributed by atoms with Crippen molar-refractivity contribution in [3.05, 3.63) is 0 Å². The lowest BCUT2D eigenvalue weighted by Gasteiger charge is -2.33. The van der Waals surface area contributed by atoms with Gasteiger partial charge in [0.25, 0.3) is 0 Å². The smallest absolute Gasteiger partial charge is 0.0630 e. The summed E-state index contributed by atoms with van der Waals surface area (Å²) in [5.74, 6) is 1.24. The first-order chi connectivity index (χ1) is 8.19. The molecule has 0 heterocycles. The summed E-state index contributed by atoms with van der Waals surface area (Å²) in [5, 5.41) is 3.61. The molecule has 0 bridgehead atoms. The minimum absolute atomic E-state index is 0.498. The average Bonchev–Trinajstić information content (AvgIpc) is 3.14. The number of thioether (sulfide) groups is 1. The fourth-order valence-corrected chi connectivity index (χ4v) is 2.53. The monoisotopic (exact) mass is 260 g/mol. The first-order valence-corrected chi connectivity index (χ1v) is 8.01. The van der Waals surface area contributed by atoms with Gasteiger partial charge in [-0.25, -0.2) is 0 Å². The number of methoxy groups -OCH3 is 1. The minimum Gasteiger partial charge on any atom is -0.383 e. The van der Waals surface area contributed by atoms with Crippen LogP contribution in [-0.2, 0) is 4.74 Å². The van der Waals surface area contributed by atoms with Crippen LogP contribution in [0.3, 0.4) is 0 Å². The molecule has 1 aliphatic carbocycles. The summed E-state index contributed by atoms with van der Waals surface area (Å²) in [7, 11) is 4.02. The van der Waals surface area contributed by atoms with Gasteiger partial charge in [0.2, 0.25) is 0 Å². The fourth-order valence-electron chi connectivity index (χ4n) is 1.95. The lowest BCUT2D eigenvalue weighted by Crippen LogP contribution is -2.47. The zero-order valence-corrected chi connectivity index (χ0v) is 12.6. The van der Waals surface area contributed by atoms with Crippen molar-refractivity contribution < 1.29 is 4.74 Å². The number of hydrogen-bond acceptors (Lipinski definition) is 4. The van der Waals surface area contributed by atoms with Crippen LogP contribution in [0.25, 0.3) is 0 Å². The van der Waals surface area contributed by atoms with E-state index in [1.165, 1.54) is 25.0 Å². The highest BCUT2D eigenvalue weighted by Gasteiger charge is 2.24. The Morgan fingerprint density at radius 1 is 1.47 bits per heavy atom. The van der Waals surface area contributed by atoms with Gasteiger partial charge < -0.3 is 10.1 Å². The van der Waals surface area contributed by atoms with E-state index in [0.717, 1.165) is 19.2 Å². The van der Waals surface area contributed by atoms with Crippen LogP contribution in [0.4, 0.5) is 0 Å². The van der Waals surface area contributed by atoms with E-state index >= 15 is 0 Å². The van der Waals surface area contributed by atoms with Crippen LogP contribution in [0, 0.1) is 0 Å². The molecule has 0 radical (unpaired) electrons. The van der Waals surface area contributed by atoms with Crippen LogP contribution < -0.4 is 5.32 Å². The van der Waals surface area contributed by atoms with E-state index in [0.29, 0.717) is 12.1 Å². The van der Waals surface area contributed by atoms with Crippen molar-refractivity contribution in [3.63, 3.8) is 0 Å². The molecule has 0 saturated heterocycles. The Kier molecular flexibility index (Phi) is 7.51. The maximum absolute atomic E-state index is 5.35. The average molecular weight is 260 g/mol. The van der Waals surface area contributed by atoms with E-state index < -0.39 is 0 Å². The third kappa shape index (κ3) is 6.09. The second-order valence-corrected chi connectivity index (χ2v) is 6.07. The number of rotatable bonds is 10. The van der Waals surface area contributed by atoms with Gasteiger partial charge in [0, 0.05) is 31.8 Å². The molecule has 2 atom stereocenters. The van der Waals surface area contributed by atoms with Gasteiger partial charge in [-0.3, -0.25) is 4.90 Å². The quantitative estimate of drug-likeness (QED) is 0.648. The Morgan fingerprint density at radius 3 is 2.71 bits per heavy atom. The van der Waals surface area contributed by atoms with Crippen LogP contribution in [0.2, 0.25) is 0 Å². The molecule has 1 aliphatic rings. The van der Waals surface area contributed by atoms with E-state index in [2.05, 4.69) is 30.4 Å². The maximum Gasteiger partial charge on any atom is 0.0630 e. The van der Waals surface area contributed by atoms with E-state index in [1.54, 1.807) is 7.11 Å². The van der Waals surface area contributed by atoms with E-state index in [9.17, 15) is 0 Å². The molecular weight excluding hydrogens is 232 g/mol. The Labute approximate surface area is 111 Å². The van der Waals surface area contributed by atoms with Gasteiger partial charge in [-0.05, 0) is 45.2 Å². The molecule has 1 N–H and O–H groups in total. The van der Waals surface area contributed by atoms with Crippen LogP contribution in [0.5, 0.6) is 0 Å². The lowest BCUT2D eigenvalue weighted by molar-refractivity contribution is 0.0827. The van der Waals surface area contributed by atoms with Crippen molar-refractivity contribution in [2.24, 2.45) is 0 Å². The van der Waals surface area contributed by atoms with Gasteiger partial charge in [-0.15, -0.1) is 0 Å². The summed E-state index contributed by atoms with van der Waals surface area (Å²) in [4.78, 5) is 2.47. The van der Waals surface area contributed by atoms with Crippen molar-refractivity contribution in [3.8, 4) is 0 Å². The summed E-state index contributed by atoms with van der Waals surface area (Å²) in [5.41, 5.74) is 0. The minimum atomic E-state index is 0.498. The van der Waals surface area contributed by atoms with E-state index in [4.69, 9.17) is 4.74 Å². The Bertz CT molecular complexity index is 200. The Hall–Kier alpha value is 0.230. The molecule has 0 amide bonds. The van der Waals surface area contributed by atoms with Gasteiger partial charge in [0.15, 0.2) is 0 Å². The van der Waals surface area contributed by atoms with Crippen molar-refractivity contribution in [1.82, 2.24) is 10.2 Å². The van der Waals surface area contributed by atoms with Crippen molar-refractivity contribution >= 4 is 11.8 Å². The fraction of sp³-hybridized carbons (Fsp3) is 1.00. The highest BCUT2D eigenvalue weighted by Crippen LogP contribution is 2.19. The van der Waals surface area contributed by atoms with E-state index in [1.807, 2.05) is 11.8 Å². The number of nitrogens with one attached hydrogen (secondary N) is 1. The number of hydrogen-bond donors (Lipinski definition) is 1. The zero-order valence-electron chi connectivity index (χ0n) is 11.7. The summed E-state index contributed by atoms with van der Waals surface area (Å²) in [6.07, 6.45) is 6.13. The summed E-state index contributed by atoms with van der Waals surface area (Å²) in [6, 6.07) is 1.91. The van der Waals surface area contributed by atoms with Gasteiger partial charge in [-0.2, -0.15) is 11.8 Å². The second kappa shape index (κ2) is 8.35. The SMILES string of the molecule is COCC(CNC1CC1)N(C)C(C)CCSC. The molecule has 0 aromatic rings. The van der Waals surface area contributed by atoms with Crippen LogP contribution in [0.15, 0.2) is 0 Å². The van der Waals surface area contributed by atoms with Crippen LogP contribution in [-0.4, -0.2) is 62.3 Å². The molecular formula is C13H28N2OS. The first kappa shape index (κ1) is 15.3. The Balaban J connectivity index is 2.30. The number of likely N-dealkylation sites (N-methyl/N-ethyl adjacent to an activating group) is 1. The summed E-state index contributed by atoms with van der Waals surface area (Å²) >= 11 is 1.93. The topological polar surface area (TPSA) is 24.5 Å². The third-order valence-electron chi connectivity index (χ3n) is 3.59. The predicted octanol–water partition coefficient (Wildman–Crippen LogP) is 1.83. The largest absolute Gasteiger partial charge is 0.383 e. The molecule has 0 spiro atoms. The molecule has 1 rings (SSSR count). The molecule has 3 nitrogen and oxygen atoms in total. The summed E-state index contributed by atoms with van der Waals surface area (Å²) < 4.78 is 5.35. The normalized spacial score (nSPS) is 19.6. The number of ether oxygens (including phenoxy) is 1. The molecule has 0 aromatic carbocycles. The van der Waals surface area contributed by atoms with Gasteiger partial charge >= 0.3 is 0 Å². The van der Waals surface area contributed by atoms with Crippen molar-refractivity contribution in [1.29, 1.82) is 0 Å². The lowest BCUT2D eigenvalue weighted by atomic mass is 10.1. The second-order valence-electron chi connectivity index (χ2n) is 5.09. The Morgan fingerprint density at radius 2 is 2.18 bits per heavy atom. The van der Waals surface area contributed by atoms with Crippen LogP contribution in [0.1, 0.15) is 26.2 Å². The molecule has 102 valence electrons.